The number of aryl methyl sites for hydroxylation is 1. The van der Waals surface area contributed by atoms with Gasteiger partial charge in [0.1, 0.15) is 11.9 Å². The van der Waals surface area contributed by atoms with Crippen LogP contribution in [0.25, 0.3) is 0 Å². The van der Waals surface area contributed by atoms with E-state index in [1.807, 2.05) is 11.1 Å². The Hall–Kier alpha value is -1.40. The van der Waals surface area contributed by atoms with Gasteiger partial charge in [0.25, 0.3) is 0 Å². The Morgan fingerprint density at radius 2 is 2.30 bits per heavy atom. The molecular weight excluding hydrogens is 294 g/mol. The number of aromatic nitrogens is 2. The predicted molar refractivity (Wildman–Crippen MR) is 83.8 cm³/mol. The normalized spacial score (nSPS) is 29.7. The van der Waals surface area contributed by atoms with Crippen molar-refractivity contribution >= 4 is 5.91 Å². The Morgan fingerprint density at radius 3 is 3.04 bits per heavy atom. The highest BCUT2D eigenvalue weighted by molar-refractivity contribution is 5.80. The Bertz CT molecular complexity index is 581. The molecule has 1 amide bonds. The van der Waals surface area contributed by atoms with Crippen molar-refractivity contribution in [2.75, 3.05) is 26.3 Å². The number of nitrogens with zero attached hydrogens (tertiary/aromatic N) is 3. The summed E-state index contributed by atoms with van der Waals surface area (Å²) in [6.45, 7) is 5.67. The average Bonchev–Trinajstić information content (AvgIpc) is 3.20. The lowest BCUT2D eigenvalue weighted by molar-refractivity contribution is -0.171. The van der Waals surface area contributed by atoms with Crippen molar-refractivity contribution in [1.82, 2.24) is 14.5 Å². The summed E-state index contributed by atoms with van der Waals surface area (Å²) in [6, 6.07) is 0. The summed E-state index contributed by atoms with van der Waals surface area (Å²) < 4.78 is 13.9. The van der Waals surface area contributed by atoms with E-state index in [2.05, 4.69) is 16.5 Å². The van der Waals surface area contributed by atoms with Crippen LogP contribution in [0, 0.1) is 5.92 Å². The molecule has 0 radical (unpaired) electrons. The molecule has 2 saturated heterocycles. The lowest BCUT2D eigenvalue weighted by atomic mass is 9.78. The third-order valence-electron chi connectivity index (χ3n) is 5.58. The molecule has 6 heteroatoms. The van der Waals surface area contributed by atoms with Crippen molar-refractivity contribution in [3.63, 3.8) is 0 Å². The zero-order valence-corrected chi connectivity index (χ0v) is 13.7. The number of imidazole rings is 1. The van der Waals surface area contributed by atoms with E-state index >= 15 is 0 Å². The molecule has 1 aromatic heterocycles. The van der Waals surface area contributed by atoms with Gasteiger partial charge in [0.2, 0.25) is 5.91 Å². The molecular formula is C17H25N3O3. The maximum Gasteiger partial charge on any atom is 0.229 e. The quantitative estimate of drug-likeness (QED) is 0.852. The number of morpholine rings is 1. The fourth-order valence-corrected chi connectivity index (χ4v) is 4.08. The van der Waals surface area contributed by atoms with Gasteiger partial charge in [0, 0.05) is 38.6 Å². The second-order valence-corrected chi connectivity index (χ2v) is 6.90. The summed E-state index contributed by atoms with van der Waals surface area (Å²) in [5, 5.41) is 0. The first kappa shape index (κ1) is 15.1. The SMILES string of the molecule is CCn1ccnc1[C@@H]1OCC[C@H]1C(=O)N1CCOC2(CCC2)C1. The molecule has 23 heavy (non-hydrogen) atoms. The lowest BCUT2D eigenvalue weighted by Gasteiger charge is -2.48. The third kappa shape index (κ3) is 2.58. The monoisotopic (exact) mass is 319 g/mol. The molecule has 1 spiro atoms. The first-order valence-electron chi connectivity index (χ1n) is 8.78. The molecule has 3 fully saturated rings. The zero-order valence-electron chi connectivity index (χ0n) is 13.7. The zero-order chi connectivity index (χ0) is 15.9. The highest BCUT2D eigenvalue weighted by atomic mass is 16.5. The van der Waals surface area contributed by atoms with Gasteiger partial charge >= 0.3 is 0 Å². The molecule has 126 valence electrons. The minimum Gasteiger partial charge on any atom is -0.371 e. The Kier molecular flexibility index (Phi) is 3.89. The molecule has 0 N–H and O–H groups in total. The van der Waals surface area contributed by atoms with Gasteiger partial charge < -0.3 is 18.9 Å². The number of amides is 1. The average molecular weight is 319 g/mol. The van der Waals surface area contributed by atoms with Crippen LogP contribution in [0.5, 0.6) is 0 Å². The Balaban J connectivity index is 1.51. The summed E-state index contributed by atoms with van der Waals surface area (Å²) in [5.41, 5.74) is -0.0508. The molecule has 0 unspecified atom stereocenters. The standard InChI is InChI=1S/C17H25N3O3/c1-2-19-8-7-18-15(19)14-13(4-10-22-14)16(21)20-9-11-23-17(12-20)5-3-6-17/h7-8,13-14H,2-6,9-12H2,1H3/t13-,14-/m1/s1. The Labute approximate surface area is 136 Å². The fraction of sp³-hybridized carbons (Fsp3) is 0.765. The van der Waals surface area contributed by atoms with Crippen molar-refractivity contribution in [3.05, 3.63) is 18.2 Å². The summed E-state index contributed by atoms with van der Waals surface area (Å²) in [6.07, 6.45) is 7.70. The van der Waals surface area contributed by atoms with Crippen LogP contribution in [-0.4, -0.2) is 52.3 Å². The number of carbonyl (C=O) groups excluding carboxylic acids is 1. The number of hydrogen-bond acceptors (Lipinski definition) is 4. The maximum atomic E-state index is 13.1. The van der Waals surface area contributed by atoms with Crippen LogP contribution in [0.2, 0.25) is 0 Å². The van der Waals surface area contributed by atoms with Gasteiger partial charge in [0.05, 0.1) is 18.1 Å². The number of ether oxygens (including phenoxy) is 2. The summed E-state index contributed by atoms with van der Waals surface area (Å²) in [5.74, 6) is 0.987. The molecule has 3 heterocycles. The van der Waals surface area contributed by atoms with Gasteiger partial charge in [-0.25, -0.2) is 4.98 Å². The van der Waals surface area contributed by atoms with Crippen LogP contribution < -0.4 is 0 Å². The van der Waals surface area contributed by atoms with Gasteiger partial charge in [-0.1, -0.05) is 0 Å². The van der Waals surface area contributed by atoms with E-state index in [0.717, 1.165) is 38.2 Å². The van der Waals surface area contributed by atoms with Crippen LogP contribution in [0.4, 0.5) is 0 Å². The van der Waals surface area contributed by atoms with Crippen molar-refractivity contribution < 1.29 is 14.3 Å². The molecule has 1 saturated carbocycles. The van der Waals surface area contributed by atoms with E-state index in [4.69, 9.17) is 9.47 Å². The first-order chi connectivity index (χ1) is 11.2. The van der Waals surface area contributed by atoms with Crippen molar-refractivity contribution in [3.8, 4) is 0 Å². The van der Waals surface area contributed by atoms with Gasteiger partial charge in [0.15, 0.2) is 0 Å². The van der Waals surface area contributed by atoms with E-state index in [1.165, 1.54) is 6.42 Å². The third-order valence-corrected chi connectivity index (χ3v) is 5.58. The number of hydrogen-bond donors (Lipinski definition) is 0. The molecule has 4 rings (SSSR count). The van der Waals surface area contributed by atoms with Crippen LogP contribution in [0.15, 0.2) is 12.4 Å². The van der Waals surface area contributed by atoms with E-state index in [9.17, 15) is 4.79 Å². The van der Waals surface area contributed by atoms with Gasteiger partial charge in [-0.15, -0.1) is 0 Å². The number of rotatable bonds is 3. The van der Waals surface area contributed by atoms with Crippen molar-refractivity contribution in [2.45, 2.75) is 50.9 Å². The van der Waals surface area contributed by atoms with Gasteiger partial charge in [-0.2, -0.15) is 0 Å². The van der Waals surface area contributed by atoms with Crippen LogP contribution in [-0.2, 0) is 20.8 Å². The number of carbonyl (C=O) groups is 1. The first-order valence-corrected chi connectivity index (χ1v) is 8.78. The van der Waals surface area contributed by atoms with Crippen molar-refractivity contribution in [2.24, 2.45) is 5.92 Å². The van der Waals surface area contributed by atoms with Crippen LogP contribution in [0.1, 0.15) is 44.5 Å². The van der Waals surface area contributed by atoms with Gasteiger partial charge in [-0.05, 0) is 32.6 Å². The smallest absolute Gasteiger partial charge is 0.229 e. The van der Waals surface area contributed by atoms with E-state index in [-0.39, 0.29) is 23.5 Å². The highest BCUT2D eigenvalue weighted by Crippen LogP contribution is 2.40. The lowest BCUT2D eigenvalue weighted by Crippen LogP contribution is -2.58. The fourth-order valence-electron chi connectivity index (χ4n) is 4.08. The van der Waals surface area contributed by atoms with Crippen LogP contribution >= 0.6 is 0 Å². The highest BCUT2D eigenvalue weighted by Gasteiger charge is 2.46. The molecule has 6 nitrogen and oxygen atoms in total. The predicted octanol–water partition coefficient (Wildman–Crippen LogP) is 1.76. The molecule has 1 aliphatic carbocycles. The van der Waals surface area contributed by atoms with Crippen LogP contribution in [0.3, 0.4) is 0 Å². The molecule has 0 bridgehead atoms. The van der Waals surface area contributed by atoms with E-state index in [0.29, 0.717) is 19.8 Å². The molecule has 3 aliphatic rings. The molecule has 2 atom stereocenters. The molecule has 0 aromatic carbocycles. The second-order valence-electron chi connectivity index (χ2n) is 6.90. The molecule has 2 aliphatic heterocycles. The maximum absolute atomic E-state index is 13.1. The van der Waals surface area contributed by atoms with E-state index < -0.39 is 0 Å². The summed E-state index contributed by atoms with van der Waals surface area (Å²) in [7, 11) is 0. The van der Waals surface area contributed by atoms with E-state index in [1.54, 1.807) is 6.20 Å². The molecule has 1 aromatic rings. The topological polar surface area (TPSA) is 56.6 Å². The van der Waals surface area contributed by atoms with Crippen molar-refractivity contribution in [1.29, 1.82) is 0 Å². The largest absolute Gasteiger partial charge is 0.371 e. The minimum atomic E-state index is -0.211. The summed E-state index contributed by atoms with van der Waals surface area (Å²) >= 11 is 0. The Morgan fingerprint density at radius 1 is 1.43 bits per heavy atom. The minimum absolute atomic E-state index is 0.0508. The van der Waals surface area contributed by atoms with Gasteiger partial charge in [-0.3, -0.25) is 4.79 Å². The second kappa shape index (κ2) is 5.91. The summed E-state index contributed by atoms with van der Waals surface area (Å²) in [4.78, 5) is 19.5.